The fourth-order valence-electron chi connectivity index (χ4n) is 1.96. The summed E-state index contributed by atoms with van der Waals surface area (Å²) in [5, 5.41) is 12.2. The lowest BCUT2D eigenvalue weighted by Gasteiger charge is -2.31. The van der Waals surface area contributed by atoms with E-state index in [2.05, 4.69) is 34.0 Å². The van der Waals surface area contributed by atoms with Crippen molar-refractivity contribution < 1.29 is 5.11 Å². The molecule has 1 rings (SSSR count). The van der Waals surface area contributed by atoms with Gasteiger partial charge in [-0.05, 0) is 12.8 Å². The molecule has 0 saturated heterocycles. The van der Waals surface area contributed by atoms with Crippen molar-refractivity contribution in [1.82, 2.24) is 9.97 Å². The van der Waals surface area contributed by atoms with E-state index in [4.69, 9.17) is 5.11 Å². The van der Waals surface area contributed by atoms with Crippen LogP contribution in [0.15, 0.2) is 12.4 Å². The van der Waals surface area contributed by atoms with Crippen LogP contribution in [0.2, 0.25) is 0 Å². The maximum absolute atomic E-state index is 9.16. The Morgan fingerprint density at radius 2 is 2.06 bits per heavy atom. The Morgan fingerprint density at radius 3 is 2.59 bits per heavy atom. The van der Waals surface area contributed by atoms with E-state index >= 15 is 0 Å². The molecule has 5 heteroatoms. The maximum atomic E-state index is 9.16. The molecule has 0 fully saturated rings. The number of aliphatic hydroxyl groups excluding tert-OH is 1. The van der Waals surface area contributed by atoms with Gasteiger partial charge in [-0.25, -0.2) is 9.97 Å². The van der Waals surface area contributed by atoms with E-state index in [0.29, 0.717) is 12.6 Å². The number of aliphatic hydroxyl groups is 1. The zero-order valence-corrected chi connectivity index (χ0v) is 10.8. The average molecular weight is 238 g/mol. The van der Waals surface area contributed by atoms with E-state index in [1.807, 2.05) is 13.1 Å². The second-order valence-corrected chi connectivity index (χ2v) is 3.90. The molecule has 1 aromatic heterocycles. The molecule has 0 aliphatic carbocycles. The first-order valence-electron chi connectivity index (χ1n) is 6.14. The van der Waals surface area contributed by atoms with Crippen LogP contribution in [0.4, 0.5) is 11.6 Å². The Hall–Kier alpha value is -1.36. The highest BCUT2D eigenvalue weighted by molar-refractivity contribution is 5.48. The fraction of sp³-hybridized carbons (Fsp3) is 0.667. The quantitative estimate of drug-likeness (QED) is 0.754. The van der Waals surface area contributed by atoms with Gasteiger partial charge in [-0.2, -0.15) is 0 Å². The molecule has 0 amide bonds. The summed E-state index contributed by atoms with van der Waals surface area (Å²) in [7, 11) is 1.83. The molecule has 0 aliphatic heterocycles. The van der Waals surface area contributed by atoms with E-state index in [-0.39, 0.29) is 6.61 Å². The Kier molecular flexibility index (Phi) is 5.69. The third kappa shape index (κ3) is 3.56. The number of rotatable bonds is 7. The lowest BCUT2D eigenvalue weighted by molar-refractivity contribution is 0.295. The van der Waals surface area contributed by atoms with Gasteiger partial charge in [0.15, 0.2) is 0 Å². The van der Waals surface area contributed by atoms with Crippen LogP contribution < -0.4 is 10.2 Å². The van der Waals surface area contributed by atoms with E-state index in [0.717, 1.165) is 24.5 Å². The van der Waals surface area contributed by atoms with Crippen molar-refractivity contribution >= 4 is 11.6 Å². The SMILES string of the molecule is CCC(CC)N(CCO)c1cc(NC)ncn1. The normalized spacial score (nSPS) is 10.6. The van der Waals surface area contributed by atoms with Crippen molar-refractivity contribution in [3.05, 3.63) is 12.4 Å². The molecule has 0 aliphatic rings. The van der Waals surface area contributed by atoms with Crippen molar-refractivity contribution in [3.63, 3.8) is 0 Å². The van der Waals surface area contributed by atoms with E-state index in [9.17, 15) is 0 Å². The molecule has 0 bridgehead atoms. The van der Waals surface area contributed by atoms with Crippen LogP contribution in [0.5, 0.6) is 0 Å². The molecule has 0 radical (unpaired) electrons. The topological polar surface area (TPSA) is 61.3 Å². The van der Waals surface area contributed by atoms with Crippen molar-refractivity contribution in [2.45, 2.75) is 32.7 Å². The molecular formula is C12H22N4O. The van der Waals surface area contributed by atoms with Gasteiger partial charge in [-0.1, -0.05) is 13.8 Å². The highest BCUT2D eigenvalue weighted by Crippen LogP contribution is 2.19. The molecular weight excluding hydrogens is 216 g/mol. The van der Waals surface area contributed by atoms with Crippen LogP contribution in [-0.4, -0.2) is 41.3 Å². The van der Waals surface area contributed by atoms with Gasteiger partial charge in [0.25, 0.3) is 0 Å². The molecule has 96 valence electrons. The zero-order valence-electron chi connectivity index (χ0n) is 10.8. The first kappa shape index (κ1) is 13.7. The Labute approximate surface area is 103 Å². The Bertz CT molecular complexity index is 328. The Morgan fingerprint density at radius 1 is 1.35 bits per heavy atom. The minimum Gasteiger partial charge on any atom is -0.395 e. The third-order valence-corrected chi connectivity index (χ3v) is 2.93. The second kappa shape index (κ2) is 7.06. The lowest BCUT2D eigenvalue weighted by Crippen LogP contribution is -2.37. The van der Waals surface area contributed by atoms with Crippen LogP contribution in [0.3, 0.4) is 0 Å². The first-order valence-corrected chi connectivity index (χ1v) is 6.14. The predicted octanol–water partition coefficient (Wildman–Crippen LogP) is 1.51. The van der Waals surface area contributed by atoms with Gasteiger partial charge in [0, 0.05) is 25.7 Å². The van der Waals surface area contributed by atoms with Gasteiger partial charge in [-0.15, -0.1) is 0 Å². The number of aromatic nitrogens is 2. The van der Waals surface area contributed by atoms with Crippen LogP contribution >= 0.6 is 0 Å². The maximum Gasteiger partial charge on any atom is 0.134 e. The smallest absolute Gasteiger partial charge is 0.134 e. The lowest BCUT2D eigenvalue weighted by atomic mass is 10.1. The van der Waals surface area contributed by atoms with Gasteiger partial charge >= 0.3 is 0 Å². The van der Waals surface area contributed by atoms with Gasteiger partial charge < -0.3 is 15.3 Å². The standard InChI is InChI=1S/C12H22N4O/c1-4-10(5-2)16(6-7-17)12-8-11(13-3)14-9-15-12/h8-10,17H,4-7H2,1-3H3,(H,13,14,15). The largest absolute Gasteiger partial charge is 0.395 e. The summed E-state index contributed by atoms with van der Waals surface area (Å²) in [6.07, 6.45) is 3.62. The minimum absolute atomic E-state index is 0.134. The first-order chi connectivity index (χ1) is 8.26. The van der Waals surface area contributed by atoms with Crippen LogP contribution in [0.25, 0.3) is 0 Å². The zero-order chi connectivity index (χ0) is 12.7. The van der Waals surface area contributed by atoms with Gasteiger partial charge in [0.2, 0.25) is 0 Å². The highest BCUT2D eigenvalue weighted by atomic mass is 16.3. The van der Waals surface area contributed by atoms with E-state index < -0.39 is 0 Å². The summed E-state index contributed by atoms with van der Waals surface area (Å²) in [5.74, 6) is 1.66. The number of anilines is 2. The number of nitrogens with one attached hydrogen (secondary N) is 1. The van der Waals surface area contributed by atoms with Crippen LogP contribution in [0, 0.1) is 0 Å². The van der Waals surface area contributed by atoms with Crippen molar-refractivity contribution in [3.8, 4) is 0 Å². The molecule has 0 unspecified atom stereocenters. The third-order valence-electron chi connectivity index (χ3n) is 2.93. The molecule has 1 heterocycles. The molecule has 5 nitrogen and oxygen atoms in total. The average Bonchev–Trinajstić information content (AvgIpc) is 2.39. The summed E-state index contributed by atoms with van der Waals surface area (Å²) in [4.78, 5) is 10.5. The summed E-state index contributed by atoms with van der Waals surface area (Å²) in [6.45, 7) is 5.04. The monoisotopic (exact) mass is 238 g/mol. The number of hydrogen-bond donors (Lipinski definition) is 2. The van der Waals surface area contributed by atoms with Crippen LogP contribution in [-0.2, 0) is 0 Å². The van der Waals surface area contributed by atoms with Crippen LogP contribution in [0.1, 0.15) is 26.7 Å². The Balaban J connectivity index is 2.94. The summed E-state index contributed by atoms with van der Waals surface area (Å²) >= 11 is 0. The van der Waals surface area contributed by atoms with E-state index in [1.165, 1.54) is 0 Å². The van der Waals surface area contributed by atoms with Crippen molar-refractivity contribution in [2.75, 3.05) is 30.4 Å². The molecule has 1 aromatic rings. The molecule has 0 atom stereocenters. The second-order valence-electron chi connectivity index (χ2n) is 3.90. The molecule has 17 heavy (non-hydrogen) atoms. The predicted molar refractivity (Wildman–Crippen MR) is 70.4 cm³/mol. The highest BCUT2D eigenvalue weighted by Gasteiger charge is 2.16. The van der Waals surface area contributed by atoms with Gasteiger partial charge in [-0.3, -0.25) is 0 Å². The number of nitrogens with zero attached hydrogens (tertiary/aromatic N) is 3. The summed E-state index contributed by atoms with van der Waals surface area (Å²) in [5.41, 5.74) is 0. The van der Waals surface area contributed by atoms with Gasteiger partial charge in [0.1, 0.15) is 18.0 Å². The van der Waals surface area contributed by atoms with E-state index in [1.54, 1.807) is 6.33 Å². The summed E-state index contributed by atoms with van der Waals surface area (Å²) < 4.78 is 0. The van der Waals surface area contributed by atoms with Gasteiger partial charge in [0.05, 0.1) is 6.61 Å². The minimum atomic E-state index is 0.134. The fourth-order valence-corrected chi connectivity index (χ4v) is 1.96. The molecule has 0 saturated carbocycles. The molecule has 0 spiro atoms. The number of hydrogen-bond acceptors (Lipinski definition) is 5. The molecule has 0 aromatic carbocycles. The van der Waals surface area contributed by atoms with Crippen molar-refractivity contribution in [1.29, 1.82) is 0 Å². The van der Waals surface area contributed by atoms with Crippen molar-refractivity contribution in [2.24, 2.45) is 0 Å². The molecule has 2 N–H and O–H groups in total. The summed E-state index contributed by atoms with van der Waals surface area (Å²) in [6, 6.07) is 2.32.